The zero-order chi connectivity index (χ0) is 10.4. The minimum atomic E-state index is 0.0639. The molecule has 2 unspecified atom stereocenters. The highest BCUT2D eigenvalue weighted by atomic mass is 16.3. The number of nitriles is 1. The van der Waals surface area contributed by atoms with E-state index in [-0.39, 0.29) is 5.92 Å². The van der Waals surface area contributed by atoms with E-state index in [9.17, 15) is 0 Å². The fourth-order valence-electron chi connectivity index (χ4n) is 1.23. The summed E-state index contributed by atoms with van der Waals surface area (Å²) in [7, 11) is 0. The van der Waals surface area contributed by atoms with Gasteiger partial charge in [0.2, 0.25) is 0 Å². The van der Waals surface area contributed by atoms with E-state index >= 15 is 0 Å². The fraction of sp³-hybridized carbons (Fsp3) is 0.545. The number of hydrogen-bond acceptors (Lipinski definition) is 3. The van der Waals surface area contributed by atoms with Crippen LogP contribution in [0, 0.1) is 17.2 Å². The molecule has 0 aliphatic carbocycles. The third kappa shape index (κ3) is 3.63. The van der Waals surface area contributed by atoms with Gasteiger partial charge in [0.15, 0.2) is 0 Å². The first-order valence-electron chi connectivity index (χ1n) is 4.87. The molecule has 3 heteroatoms. The van der Waals surface area contributed by atoms with E-state index in [0.717, 1.165) is 18.7 Å². The van der Waals surface area contributed by atoms with Crippen molar-refractivity contribution in [1.82, 2.24) is 5.32 Å². The Hall–Kier alpha value is -1.27. The Balaban J connectivity index is 2.23. The predicted molar refractivity (Wildman–Crippen MR) is 54.7 cm³/mol. The van der Waals surface area contributed by atoms with Gasteiger partial charge in [0.05, 0.1) is 18.3 Å². The van der Waals surface area contributed by atoms with E-state index in [2.05, 4.69) is 18.3 Å². The van der Waals surface area contributed by atoms with Crippen LogP contribution in [0.15, 0.2) is 22.8 Å². The van der Waals surface area contributed by atoms with E-state index in [1.807, 2.05) is 19.1 Å². The molecule has 2 atom stereocenters. The molecule has 3 nitrogen and oxygen atoms in total. The van der Waals surface area contributed by atoms with Crippen molar-refractivity contribution in [3.05, 3.63) is 24.2 Å². The standard InChI is InChI=1S/C11H16N2O/c1-9(7-12)8-13-10(2)6-11-4-3-5-14-11/h3-5,9-10,13H,6,8H2,1-2H3. The minimum absolute atomic E-state index is 0.0639. The normalized spacial score (nSPS) is 14.6. The monoisotopic (exact) mass is 192 g/mol. The first-order chi connectivity index (χ1) is 6.72. The van der Waals surface area contributed by atoms with Crippen LogP contribution >= 0.6 is 0 Å². The van der Waals surface area contributed by atoms with Gasteiger partial charge < -0.3 is 9.73 Å². The molecule has 0 radical (unpaired) electrons. The lowest BCUT2D eigenvalue weighted by Gasteiger charge is -2.12. The Labute approximate surface area is 84.7 Å². The second kappa shape index (κ2) is 5.46. The molecule has 1 N–H and O–H groups in total. The molecule has 1 rings (SSSR count). The second-order valence-corrected chi connectivity index (χ2v) is 3.62. The van der Waals surface area contributed by atoms with Crippen molar-refractivity contribution in [2.45, 2.75) is 26.3 Å². The number of rotatable bonds is 5. The third-order valence-corrected chi connectivity index (χ3v) is 2.08. The second-order valence-electron chi connectivity index (χ2n) is 3.62. The summed E-state index contributed by atoms with van der Waals surface area (Å²) in [6, 6.07) is 6.39. The zero-order valence-corrected chi connectivity index (χ0v) is 8.66. The largest absolute Gasteiger partial charge is 0.469 e. The molecule has 0 amide bonds. The molecule has 0 aromatic carbocycles. The van der Waals surface area contributed by atoms with Crippen molar-refractivity contribution in [3.8, 4) is 6.07 Å². The van der Waals surface area contributed by atoms with Gasteiger partial charge in [-0.25, -0.2) is 0 Å². The first-order valence-corrected chi connectivity index (χ1v) is 4.87. The minimum Gasteiger partial charge on any atom is -0.469 e. The highest BCUT2D eigenvalue weighted by Gasteiger charge is 2.06. The van der Waals surface area contributed by atoms with Crippen LogP contribution in [0.5, 0.6) is 0 Å². The predicted octanol–water partition coefficient (Wildman–Crippen LogP) is 1.96. The molecule has 0 saturated heterocycles. The molecule has 76 valence electrons. The van der Waals surface area contributed by atoms with Crippen LogP contribution in [0.25, 0.3) is 0 Å². The van der Waals surface area contributed by atoms with Crippen LogP contribution in [-0.2, 0) is 6.42 Å². The average Bonchev–Trinajstić information content (AvgIpc) is 2.66. The lowest BCUT2D eigenvalue weighted by atomic mass is 10.1. The molecule has 14 heavy (non-hydrogen) atoms. The van der Waals surface area contributed by atoms with E-state index < -0.39 is 0 Å². The summed E-state index contributed by atoms with van der Waals surface area (Å²) in [4.78, 5) is 0. The van der Waals surface area contributed by atoms with Crippen molar-refractivity contribution in [2.24, 2.45) is 5.92 Å². The van der Waals surface area contributed by atoms with Crippen LogP contribution in [0.4, 0.5) is 0 Å². The Bertz CT molecular complexity index is 287. The summed E-state index contributed by atoms with van der Waals surface area (Å²) < 4.78 is 5.23. The van der Waals surface area contributed by atoms with Gasteiger partial charge in [-0.15, -0.1) is 0 Å². The van der Waals surface area contributed by atoms with E-state index in [1.54, 1.807) is 6.26 Å². The van der Waals surface area contributed by atoms with Crippen molar-refractivity contribution in [2.75, 3.05) is 6.54 Å². The van der Waals surface area contributed by atoms with Gasteiger partial charge in [0.25, 0.3) is 0 Å². The summed E-state index contributed by atoms with van der Waals surface area (Å²) in [5.41, 5.74) is 0. The molecular weight excluding hydrogens is 176 g/mol. The molecule has 0 saturated carbocycles. The summed E-state index contributed by atoms with van der Waals surface area (Å²) in [6.07, 6.45) is 2.55. The lowest BCUT2D eigenvalue weighted by molar-refractivity contribution is 0.446. The zero-order valence-electron chi connectivity index (χ0n) is 8.66. The highest BCUT2D eigenvalue weighted by molar-refractivity contribution is 5.00. The van der Waals surface area contributed by atoms with Crippen molar-refractivity contribution >= 4 is 0 Å². The Morgan fingerprint density at radius 1 is 1.57 bits per heavy atom. The Kier molecular flexibility index (Phi) is 4.21. The van der Waals surface area contributed by atoms with Crippen molar-refractivity contribution < 1.29 is 4.42 Å². The maximum absolute atomic E-state index is 8.60. The number of nitrogens with one attached hydrogen (secondary N) is 1. The maximum atomic E-state index is 8.60. The number of hydrogen-bond donors (Lipinski definition) is 1. The smallest absolute Gasteiger partial charge is 0.105 e. The van der Waals surface area contributed by atoms with Crippen molar-refractivity contribution in [1.29, 1.82) is 5.26 Å². The van der Waals surface area contributed by atoms with Gasteiger partial charge in [-0.3, -0.25) is 0 Å². The topological polar surface area (TPSA) is 49.0 Å². The molecule has 0 fully saturated rings. The quantitative estimate of drug-likeness (QED) is 0.775. The summed E-state index contributed by atoms with van der Waals surface area (Å²) >= 11 is 0. The Morgan fingerprint density at radius 2 is 2.36 bits per heavy atom. The van der Waals surface area contributed by atoms with Gasteiger partial charge >= 0.3 is 0 Å². The van der Waals surface area contributed by atoms with E-state index in [4.69, 9.17) is 9.68 Å². The summed E-state index contributed by atoms with van der Waals surface area (Å²) in [6.45, 7) is 4.73. The van der Waals surface area contributed by atoms with Gasteiger partial charge in [-0.1, -0.05) is 0 Å². The van der Waals surface area contributed by atoms with Crippen LogP contribution in [0.2, 0.25) is 0 Å². The van der Waals surface area contributed by atoms with Crippen molar-refractivity contribution in [3.63, 3.8) is 0 Å². The Morgan fingerprint density at radius 3 is 2.93 bits per heavy atom. The van der Waals surface area contributed by atoms with E-state index in [1.165, 1.54) is 0 Å². The number of nitrogens with zero attached hydrogens (tertiary/aromatic N) is 1. The third-order valence-electron chi connectivity index (χ3n) is 2.08. The molecule has 1 heterocycles. The molecule has 1 aromatic heterocycles. The maximum Gasteiger partial charge on any atom is 0.105 e. The van der Waals surface area contributed by atoms with Gasteiger partial charge in [0, 0.05) is 19.0 Å². The fourth-order valence-corrected chi connectivity index (χ4v) is 1.23. The molecule has 0 aliphatic heterocycles. The summed E-state index contributed by atoms with van der Waals surface area (Å²) in [5.74, 6) is 1.05. The van der Waals surface area contributed by atoms with Crippen LogP contribution < -0.4 is 5.32 Å². The highest BCUT2D eigenvalue weighted by Crippen LogP contribution is 2.04. The number of furan rings is 1. The average molecular weight is 192 g/mol. The van der Waals surface area contributed by atoms with Crippen LogP contribution in [-0.4, -0.2) is 12.6 Å². The molecule has 0 aliphatic rings. The molecule has 0 spiro atoms. The summed E-state index contributed by atoms with van der Waals surface area (Å²) in [5, 5.41) is 11.9. The lowest BCUT2D eigenvalue weighted by Crippen LogP contribution is -2.31. The van der Waals surface area contributed by atoms with Crippen LogP contribution in [0.3, 0.4) is 0 Å². The molecule has 1 aromatic rings. The first kappa shape index (κ1) is 10.8. The van der Waals surface area contributed by atoms with Crippen LogP contribution in [0.1, 0.15) is 19.6 Å². The van der Waals surface area contributed by atoms with Gasteiger partial charge in [0.1, 0.15) is 5.76 Å². The van der Waals surface area contributed by atoms with Gasteiger partial charge in [-0.2, -0.15) is 5.26 Å². The van der Waals surface area contributed by atoms with Gasteiger partial charge in [-0.05, 0) is 26.0 Å². The molecule has 0 bridgehead atoms. The molecular formula is C11H16N2O. The SMILES string of the molecule is CC(C#N)CNC(C)Cc1ccco1. The van der Waals surface area contributed by atoms with E-state index in [0.29, 0.717) is 6.04 Å².